The van der Waals surface area contributed by atoms with Crippen molar-refractivity contribution in [3.63, 3.8) is 0 Å². The molecule has 3 aliphatic heterocycles. The molecule has 8 heteroatoms. The van der Waals surface area contributed by atoms with Gasteiger partial charge in [-0.2, -0.15) is 0 Å². The number of amides is 2. The van der Waals surface area contributed by atoms with Gasteiger partial charge in [-0.1, -0.05) is 12.1 Å². The number of methoxy groups -OCH3 is 1. The van der Waals surface area contributed by atoms with Crippen LogP contribution >= 0.6 is 0 Å². The first-order chi connectivity index (χ1) is 16.0. The van der Waals surface area contributed by atoms with Gasteiger partial charge in [0.1, 0.15) is 17.4 Å². The smallest absolute Gasteiger partial charge is 0.236 e. The maximum Gasteiger partial charge on any atom is 0.236 e. The van der Waals surface area contributed by atoms with Gasteiger partial charge in [-0.15, -0.1) is 0 Å². The van der Waals surface area contributed by atoms with Crippen molar-refractivity contribution in [2.24, 2.45) is 0 Å². The molecule has 1 atom stereocenters. The molecule has 2 amide bonds. The Morgan fingerprint density at radius 1 is 1.18 bits per heavy atom. The van der Waals surface area contributed by atoms with Crippen LogP contribution in [0.4, 0.5) is 5.82 Å². The van der Waals surface area contributed by atoms with E-state index >= 15 is 0 Å². The molecule has 2 fully saturated rings. The van der Waals surface area contributed by atoms with Crippen LogP contribution in [-0.4, -0.2) is 71.4 Å². The van der Waals surface area contributed by atoms with E-state index in [0.717, 1.165) is 79.7 Å². The maximum atomic E-state index is 12.9. The minimum absolute atomic E-state index is 0.0489. The van der Waals surface area contributed by atoms with Crippen molar-refractivity contribution in [2.45, 2.75) is 45.1 Å². The molecule has 1 aromatic carbocycles. The van der Waals surface area contributed by atoms with Crippen molar-refractivity contribution in [1.29, 1.82) is 0 Å². The largest absolute Gasteiger partial charge is 0.497 e. The van der Waals surface area contributed by atoms with Crippen LogP contribution in [0.1, 0.15) is 47.8 Å². The Kier molecular flexibility index (Phi) is 6.01. The fourth-order valence-electron chi connectivity index (χ4n) is 4.96. The van der Waals surface area contributed by atoms with Gasteiger partial charge in [-0.05, 0) is 50.4 Å². The average Bonchev–Trinajstić information content (AvgIpc) is 3.08. The predicted molar refractivity (Wildman–Crippen MR) is 124 cm³/mol. The third-order valence-electron chi connectivity index (χ3n) is 7.01. The summed E-state index contributed by atoms with van der Waals surface area (Å²) in [5.41, 5.74) is 2.80. The van der Waals surface area contributed by atoms with Crippen molar-refractivity contribution in [3.8, 4) is 5.75 Å². The van der Waals surface area contributed by atoms with E-state index in [4.69, 9.17) is 14.7 Å². The number of rotatable bonds is 6. The van der Waals surface area contributed by atoms with E-state index in [2.05, 4.69) is 4.90 Å². The highest BCUT2D eigenvalue weighted by molar-refractivity contribution is 6.00. The summed E-state index contributed by atoms with van der Waals surface area (Å²) < 4.78 is 5.34. The Morgan fingerprint density at radius 3 is 2.79 bits per heavy atom. The summed E-state index contributed by atoms with van der Waals surface area (Å²) in [5, 5.41) is 0. The zero-order valence-electron chi connectivity index (χ0n) is 19.4. The molecule has 1 unspecified atom stereocenters. The molecule has 174 valence electrons. The molecule has 5 rings (SSSR count). The van der Waals surface area contributed by atoms with E-state index < -0.39 is 0 Å². The molecule has 33 heavy (non-hydrogen) atoms. The zero-order valence-corrected chi connectivity index (χ0v) is 19.4. The molecule has 0 saturated carbocycles. The summed E-state index contributed by atoms with van der Waals surface area (Å²) >= 11 is 0. The van der Waals surface area contributed by atoms with E-state index in [0.29, 0.717) is 19.5 Å². The number of hydrogen-bond acceptors (Lipinski definition) is 6. The third-order valence-corrected chi connectivity index (χ3v) is 7.01. The quantitative estimate of drug-likeness (QED) is 0.673. The number of piperidine rings is 1. The molecule has 1 aromatic heterocycles. The Morgan fingerprint density at radius 2 is 2.03 bits per heavy atom. The Balaban J connectivity index is 1.35. The number of aromatic nitrogens is 2. The van der Waals surface area contributed by atoms with Crippen LogP contribution < -0.4 is 9.64 Å². The number of benzene rings is 1. The maximum absolute atomic E-state index is 12.9. The molecule has 0 N–H and O–H groups in total. The summed E-state index contributed by atoms with van der Waals surface area (Å²) in [6, 6.07) is 7.78. The number of fused-ring (bicyclic) bond motifs is 1. The van der Waals surface area contributed by atoms with Gasteiger partial charge in [0.05, 0.1) is 26.6 Å². The van der Waals surface area contributed by atoms with Crippen LogP contribution in [0, 0.1) is 6.92 Å². The number of carbonyl (C=O) groups excluding carboxylic acids is 2. The van der Waals surface area contributed by atoms with Crippen LogP contribution in [0.25, 0.3) is 0 Å². The van der Waals surface area contributed by atoms with Crippen molar-refractivity contribution in [1.82, 2.24) is 19.8 Å². The second kappa shape index (κ2) is 9.09. The molecule has 0 aliphatic carbocycles. The molecule has 8 nitrogen and oxygen atoms in total. The first-order valence-electron chi connectivity index (χ1n) is 11.8. The lowest BCUT2D eigenvalue weighted by molar-refractivity contribution is -0.136. The fraction of sp³-hybridized carbons (Fsp3) is 0.520. The number of anilines is 1. The first-order valence-corrected chi connectivity index (χ1v) is 11.8. The standard InChI is InChI=1S/C25H31N5O3/c1-17-21-13-22(31)30(14-18-6-3-8-20(12-18)33-2)25(21)27-24(26-17)19-7-4-9-28(15-19)16-23(32)29-10-5-11-29/h3,6,8,12,19H,4-5,7,9-11,13-16H2,1-2H3. The van der Waals surface area contributed by atoms with Gasteiger partial charge in [-0.25, -0.2) is 9.97 Å². The van der Waals surface area contributed by atoms with Gasteiger partial charge >= 0.3 is 0 Å². The van der Waals surface area contributed by atoms with Gasteiger partial charge in [0.25, 0.3) is 0 Å². The second-order valence-electron chi connectivity index (χ2n) is 9.29. The Bertz CT molecular complexity index is 1070. The summed E-state index contributed by atoms with van der Waals surface area (Å²) in [6.45, 7) is 6.39. The van der Waals surface area contributed by atoms with Gasteiger partial charge in [-0.3, -0.25) is 19.4 Å². The van der Waals surface area contributed by atoms with Crippen molar-refractivity contribution in [3.05, 3.63) is 46.9 Å². The second-order valence-corrected chi connectivity index (χ2v) is 9.29. The summed E-state index contributed by atoms with van der Waals surface area (Å²) in [4.78, 5) is 41.0. The fourth-order valence-corrected chi connectivity index (χ4v) is 4.96. The lowest BCUT2D eigenvalue weighted by atomic mass is 9.96. The molecular weight excluding hydrogens is 418 g/mol. The van der Waals surface area contributed by atoms with Gasteiger partial charge in [0.15, 0.2) is 0 Å². The lowest BCUT2D eigenvalue weighted by Crippen LogP contribution is -2.48. The van der Waals surface area contributed by atoms with E-state index in [1.807, 2.05) is 36.1 Å². The van der Waals surface area contributed by atoms with Crippen LogP contribution in [0.15, 0.2) is 24.3 Å². The Labute approximate surface area is 194 Å². The minimum atomic E-state index is 0.0489. The van der Waals surface area contributed by atoms with Crippen LogP contribution in [-0.2, 0) is 22.6 Å². The van der Waals surface area contributed by atoms with Crippen molar-refractivity contribution < 1.29 is 14.3 Å². The molecule has 3 aliphatic rings. The number of likely N-dealkylation sites (tertiary alicyclic amines) is 2. The van der Waals surface area contributed by atoms with Gasteiger partial charge in [0.2, 0.25) is 11.8 Å². The highest BCUT2D eigenvalue weighted by Gasteiger charge is 2.34. The van der Waals surface area contributed by atoms with Gasteiger partial charge < -0.3 is 9.64 Å². The summed E-state index contributed by atoms with van der Waals surface area (Å²) in [6.07, 6.45) is 3.47. The van der Waals surface area contributed by atoms with E-state index in [-0.39, 0.29) is 17.7 Å². The molecule has 0 bridgehead atoms. The number of ether oxygens (including phenoxy) is 1. The topological polar surface area (TPSA) is 78.9 Å². The molecule has 2 aromatic rings. The number of hydrogen-bond donors (Lipinski definition) is 0. The molecule has 4 heterocycles. The zero-order chi connectivity index (χ0) is 22.9. The average molecular weight is 450 g/mol. The van der Waals surface area contributed by atoms with Crippen molar-refractivity contribution in [2.75, 3.05) is 44.7 Å². The normalized spacial score (nSPS) is 20.5. The van der Waals surface area contributed by atoms with Crippen LogP contribution in [0.3, 0.4) is 0 Å². The highest BCUT2D eigenvalue weighted by Crippen LogP contribution is 2.34. The van der Waals surface area contributed by atoms with Crippen molar-refractivity contribution >= 4 is 17.6 Å². The number of aryl methyl sites for hydroxylation is 1. The minimum Gasteiger partial charge on any atom is -0.497 e. The van der Waals surface area contributed by atoms with Gasteiger partial charge in [0, 0.05) is 36.8 Å². The van der Waals surface area contributed by atoms with Crippen LogP contribution in [0.5, 0.6) is 5.75 Å². The predicted octanol–water partition coefficient (Wildman–Crippen LogP) is 2.29. The Hall–Kier alpha value is -3.00. The molecule has 0 spiro atoms. The SMILES string of the molecule is COc1cccc(CN2C(=O)Cc3c(C)nc(C4CCCN(CC(=O)N5CCC5)C4)nc32)c1. The molecule has 2 saturated heterocycles. The van der Waals surface area contributed by atoms with Crippen LogP contribution in [0.2, 0.25) is 0 Å². The van der Waals surface area contributed by atoms with E-state index in [1.54, 1.807) is 12.0 Å². The lowest BCUT2D eigenvalue weighted by Gasteiger charge is -2.36. The summed E-state index contributed by atoms with van der Waals surface area (Å²) in [5.74, 6) is 2.74. The number of nitrogens with zero attached hydrogens (tertiary/aromatic N) is 5. The number of carbonyl (C=O) groups is 2. The summed E-state index contributed by atoms with van der Waals surface area (Å²) in [7, 11) is 1.64. The highest BCUT2D eigenvalue weighted by atomic mass is 16.5. The molecule has 0 radical (unpaired) electrons. The monoisotopic (exact) mass is 449 g/mol. The third kappa shape index (κ3) is 4.44. The van der Waals surface area contributed by atoms with E-state index in [9.17, 15) is 9.59 Å². The first kappa shape index (κ1) is 21.8. The van der Waals surface area contributed by atoms with E-state index in [1.165, 1.54) is 0 Å². The molecular formula is C25H31N5O3.